The van der Waals surface area contributed by atoms with Crippen molar-refractivity contribution in [2.75, 3.05) is 6.61 Å². The second-order valence-corrected chi connectivity index (χ2v) is 16.2. The molecule has 1 saturated carbocycles. The van der Waals surface area contributed by atoms with E-state index in [0.717, 1.165) is 36.7 Å². The molecule has 1 heterocycles. The van der Waals surface area contributed by atoms with E-state index < -0.39 is 25.9 Å². The van der Waals surface area contributed by atoms with Crippen LogP contribution in [0.4, 0.5) is 9.59 Å². The molecule has 2 rings (SSSR count). The van der Waals surface area contributed by atoms with Crippen LogP contribution in [0.3, 0.4) is 0 Å². The van der Waals surface area contributed by atoms with Gasteiger partial charge >= 0.3 is 12.2 Å². The van der Waals surface area contributed by atoms with Gasteiger partial charge < -0.3 is 9.47 Å². The van der Waals surface area contributed by atoms with Crippen molar-refractivity contribution in [2.24, 2.45) is 0 Å². The number of hydrogen-bond acceptors (Lipinski definition) is 7. The summed E-state index contributed by atoms with van der Waals surface area (Å²) in [6.45, 7) is 12.4. The van der Waals surface area contributed by atoms with Gasteiger partial charge in [-0.2, -0.15) is 0 Å². The maximum Gasteiger partial charge on any atom is 0.429 e. The molecule has 1 N–H and O–H groups in total. The molecule has 1 fully saturated rings. The molecule has 0 aliphatic heterocycles. The Labute approximate surface area is 178 Å². The number of nitrogens with one attached hydrogen (secondary N) is 1. The summed E-state index contributed by atoms with van der Waals surface area (Å²) in [4.78, 5) is 25.1. The average molecular weight is 443 g/mol. The molecule has 0 radical (unpaired) electrons. The Balaban J connectivity index is 1.99. The summed E-state index contributed by atoms with van der Waals surface area (Å²) in [6.07, 6.45) is 2.11. The van der Waals surface area contributed by atoms with Crippen molar-refractivity contribution in [3.8, 4) is 0 Å². The van der Waals surface area contributed by atoms with Crippen molar-refractivity contribution in [3.05, 3.63) is 10.5 Å². The van der Waals surface area contributed by atoms with Gasteiger partial charge in [-0.1, -0.05) is 19.6 Å². The first kappa shape index (κ1) is 23.6. The van der Waals surface area contributed by atoms with Gasteiger partial charge in [0.2, 0.25) is 0 Å². The first-order chi connectivity index (χ1) is 13.4. The van der Waals surface area contributed by atoms with E-state index in [9.17, 15) is 9.59 Å². The van der Waals surface area contributed by atoms with Crippen LogP contribution in [0.2, 0.25) is 25.7 Å². The largest absolute Gasteiger partial charge is 0.448 e. The zero-order chi connectivity index (χ0) is 21.7. The number of carbonyl (C=O) groups excluding carboxylic acids is 2. The molecule has 1 aliphatic rings. The molecule has 2 amide bonds. The molecular formula is C19H34N4O4SSi. The van der Waals surface area contributed by atoms with Gasteiger partial charge in [-0.05, 0) is 52.5 Å². The molecule has 29 heavy (non-hydrogen) atoms. The Morgan fingerprint density at radius 1 is 1.24 bits per heavy atom. The summed E-state index contributed by atoms with van der Waals surface area (Å²) in [7, 11) is -1.32. The third-order valence-corrected chi connectivity index (χ3v) is 7.23. The molecule has 164 valence electrons. The van der Waals surface area contributed by atoms with Crippen molar-refractivity contribution in [1.82, 2.24) is 20.6 Å². The highest BCUT2D eigenvalue weighted by atomic mass is 32.1. The van der Waals surface area contributed by atoms with E-state index in [1.807, 2.05) is 0 Å². The molecule has 8 nitrogen and oxygen atoms in total. The van der Waals surface area contributed by atoms with Crippen molar-refractivity contribution in [3.63, 3.8) is 0 Å². The van der Waals surface area contributed by atoms with E-state index in [0.29, 0.717) is 12.5 Å². The molecule has 0 atom stereocenters. The third-order valence-electron chi connectivity index (χ3n) is 4.67. The second kappa shape index (κ2) is 9.88. The van der Waals surface area contributed by atoms with Gasteiger partial charge in [0.25, 0.3) is 0 Å². The molecular weight excluding hydrogens is 408 g/mol. The summed E-state index contributed by atoms with van der Waals surface area (Å²) in [5, 5.41) is 10.5. The second-order valence-electron chi connectivity index (χ2n) is 9.69. The topological polar surface area (TPSA) is 93.7 Å². The fraction of sp³-hybridized carbons (Fsp3) is 0.789. The van der Waals surface area contributed by atoms with Crippen LogP contribution >= 0.6 is 11.3 Å². The van der Waals surface area contributed by atoms with E-state index in [1.54, 1.807) is 37.6 Å². The van der Waals surface area contributed by atoms with Crippen LogP contribution in [0.5, 0.6) is 0 Å². The Morgan fingerprint density at radius 2 is 1.90 bits per heavy atom. The van der Waals surface area contributed by atoms with Crippen LogP contribution in [0, 0.1) is 0 Å². The molecule has 1 aromatic rings. The van der Waals surface area contributed by atoms with Crippen molar-refractivity contribution < 1.29 is 19.1 Å². The summed E-state index contributed by atoms with van der Waals surface area (Å²) < 4.78 is 10.8. The Kier molecular flexibility index (Phi) is 8.04. The van der Waals surface area contributed by atoms with E-state index in [-0.39, 0.29) is 6.04 Å². The predicted octanol–water partition coefficient (Wildman–Crippen LogP) is 4.78. The lowest BCUT2D eigenvalue weighted by atomic mass is 9.86. The Hall–Kier alpha value is -1.68. The summed E-state index contributed by atoms with van der Waals surface area (Å²) >= 11 is 1.56. The summed E-state index contributed by atoms with van der Waals surface area (Å²) in [5.41, 5.74) is 3.72. The highest BCUT2D eigenvalue weighted by Gasteiger charge is 2.33. The van der Waals surface area contributed by atoms with Crippen LogP contribution < -0.4 is 5.43 Å². The lowest BCUT2D eigenvalue weighted by molar-refractivity contribution is 0.0142. The fourth-order valence-electron chi connectivity index (χ4n) is 3.14. The van der Waals surface area contributed by atoms with Gasteiger partial charge in [0, 0.05) is 14.0 Å². The van der Waals surface area contributed by atoms with Gasteiger partial charge in [0.05, 0.1) is 12.6 Å². The minimum absolute atomic E-state index is 0.133. The minimum atomic E-state index is -1.32. The number of hydrogen-bond donors (Lipinski definition) is 1. The molecule has 0 aromatic carbocycles. The standard InChI is InChI=1S/C19H34N4O4SSi/c1-19(2,3)27-17(24)22-23(18(25)26-11-12-29(4,5)6)15-9-7-14(8-10-15)16-21-20-13-28-16/h13-15H,7-12H2,1-6H3,(H,22,24). The van der Waals surface area contributed by atoms with E-state index in [4.69, 9.17) is 9.47 Å². The number of rotatable bonds is 5. The fourth-order valence-corrected chi connectivity index (χ4v) is 4.58. The lowest BCUT2D eigenvalue weighted by Gasteiger charge is -2.35. The first-order valence-corrected chi connectivity index (χ1v) is 14.7. The van der Waals surface area contributed by atoms with Gasteiger partial charge in [-0.3, -0.25) is 0 Å². The number of hydrazine groups is 1. The summed E-state index contributed by atoms with van der Waals surface area (Å²) in [5.74, 6) is 0.352. The van der Waals surface area contributed by atoms with Crippen LogP contribution in [-0.4, -0.2) is 53.7 Å². The zero-order valence-corrected chi connectivity index (χ0v) is 20.2. The molecule has 0 bridgehead atoms. The van der Waals surface area contributed by atoms with Crippen molar-refractivity contribution >= 4 is 31.6 Å². The minimum Gasteiger partial charge on any atom is -0.448 e. The number of amides is 2. The molecule has 0 saturated heterocycles. The molecule has 1 aliphatic carbocycles. The predicted molar refractivity (Wildman–Crippen MR) is 116 cm³/mol. The highest BCUT2D eigenvalue weighted by Crippen LogP contribution is 2.35. The maximum absolute atomic E-state index is 12.8. The first-order valence-electron chi connectivity index (χ1n) is 10.2. The summed E-state index contributed by atoms with van der Waals surface area (Å²) in [6, 6.07) is 0.745. The number of aromatic nitrogens is 2. The molecule has 1 aromatic heterocycles. The Morgan fingerprint density at radius 3 is 2.41 bits per heavy atom. The maximum atomic E-state index is 12.8. The normalized spacial score (nSPS) is 20.1. The average Bonchev–Trinajstić information content (AvgIpc) is 3.11. The quantitative estimate of drug-likeness (QED) is 0.521. The lowest BCUT2D eigenvalue weighted by Crippen LogP contribution is -2.54. The van der Waals surface area contributed by atoms with E-state index in [1.165, 1.54) is 5.01 Å². The molecule has 0 spiro atoms. The van der Waals surface area contributed by atoms with E-state index >= 15 is 0 Å². The number of nitrogens with zero attached hydrogens (tertiary/aromatic N) is 3. The van der Waals surface area contributed by atoms with Crippen LogP contribution in [0.1, 0.15) is 57.4 Å². The highest BCUT2D eigenvalue weighted by molar-refractivity contribution is 7.09. The Bertz CT molecular complexity index is 665. The molecule has 0 unspecified atom stereocenters. The van der Waals surface area contributed by atoms with Crippen LogP contribution in [0.25, 0.3) is 0 Å². The number of ether oxygens (including phenoxy) is 2. The third kappa shape index (κ3) is 8.29. The van der Waals surface area contributed by atoms with Crippen molar-refractivity contribution in [1.29, 1.82) is 0 Å². The smallest absolute Gasteiger partial charge is 0.429 e. The van der Waals surface area contributed by atoms with Gasteiger partial charge in [0.15, 0.2) is 0 Å². The van der Waals surface area contributed by atoms with Crippen LogP contribution in [-0.2, 0) is 9.47 Å². The molecule has 10 heteroatoms. The zero-order valence-electron chi connectivity index (χ0n) is 18.4. The SMILES string of the molecule is CC(C)(C)OC(=O)NN(C(=O)OCC[Si](C)(C)C)C1CCC(c2nncs2)CC1. The van der Waals surface area contributed by atoms with Gasteiger partial charge in [-0.15, -0.1) is 21.5 Å². The van der Waals surface area contributed by atoms with Crippen LogP contribution in [0.15, 0.2) is 5.51 Å². The van der Waals surface area contributed by atoms with Gasteiger partial charge in [-0.25, -0.2) is 20.0 Å². The van der Waals surface area contributed by atoms with E-state index in [2.05, 4.69) is 35.3 Å². The monoisotopic (exact) mass is 442 g/mol. The van der Waals surface area contributed by atoms with Gasteiger partial charge in [0.1, 0.15) is 16.1 Å². The number of carbonyl (C=O) groups is 2. The van der Waals surface area contributed by atoms with Crippen molar-refractivity contribution in [2.45, 2.75) is 89.7 Å².